The zero-order valence-corrected chi connectivity index (χ0v) is 13.7. The third-order valence-corrected chi connectivity index (χ3v) is 4.44. The number of nitrogens with zero attached hydrogens (tertiary/aromatic N) is 5. The van der Waals surface area contributed by atoms with Crippen molar-refractivity contribution in [1.29, 1.82) is 0 Å². The monoisotopic (exact) mass is 323 g/mol. The molecule has 24 heavy (non-hydrogen) atoms. The number of anilines is 3. The number of benzene rings is 1. The van der Waals surface area contributed by atoms with Gasteiger partial charge in [0.05, 0.1) is 17.4 Å². The van der Waals surface area contributed by atoms with Crippen LogP contribution in [0, 0.1) is 0 Å². The third kappa shape index (κ3) is 2.84. The highest BCUT2D eigenvalue weighted by Crippen LogP contribution is 2.23. The zero-order valence-electron chi connectivity index (χ0n) is 13.7. The molecule has 1 saturated heterocycles. The second-order valence-corrected chi connectivity index (χ2v) is 6.25. The molecule has 0 saturated carbocycles. The molecule has 1 fully saturated rings. The summed E-state index contributed by atoms with van der Waals surface area (Å²) in [5.74, 6) is 1.12. The van der Waals surface area contributed by atoms with Crippen molar-refractivity contribution in [3.8, 4) is 0 Å². The highest BCUT2D eigenvalue weighted by atomic mass is 15.3. The van der Waals surface area contributed by atoms with Crippen LogP contribution >= 0.6 is 0 Å². The maximum atomic E-state index is 6.07. The SMILES string of the molecule is Cn1cc(N2CCCC(Nc3nc(N)c4ccccc4n3)C2)cn1. The number of nitrogen functional groups attached to an aromatic ring is 1. The molecule has 1 atom stereocenters. The van der Waals surface area contributed by atoms with E-state index in [1.165, 1.54) is 0 Å². The van der Waals surface area contributed by atoms with E-state index in [0.29, 0.717) is 17.8 Å². The van der Waals surface area contributed by atoms with Gasteiger partial charge in [0, 0.05) is 37.8 Å². The van der Waals surface area contributed by atoms with Gasteiger partial charge in [-0.25, -0.2) is 4.98 Å². The molecule has 3 aromatic rings. The summed E-state index contributed by atoms with van der Waals surface area (Å²) in [5, 5.41) is 8.60. The fourth-order valence-electron chi connectivity index (χ4n) is 3.25. The molecule has 2 aromatic heterocycles. The molecule has 1 aromatic carbocycles. The summed E-state index contributed by atoms with van der Waals surface area (Å²) >= 11 is 0. The van der Waals surface area contributed by atoms with Crippen LogP contribution in [-0.2, 0) is 7.05 Å². The molecule has 0 bridgehead atoms. The van der Waals surface area contributed by atoms with Crippen molar-refractivity contribution in [2.75, 3.05) is 29.0 Å². The maximum Gasteiger partial charge on any atom is 0.225 e. The molecule has 7 heteroatoms. The number of rotatable bonds is 3. The minimum Gasteiger partial charge on any atom is -0.383 e. The summed E-state index contributed by atoms with van der Waals surface area (Å²) in [5.41, 5.74) is 8.09. The lowest BCUT2D eigenvalue weighted by Crippen LogP contribution is -2.42. The van der Waals surface area contributed by atoms with Crippen molar-refractivity contribution >= 4 is 28.4 Å². The van der Waals surface area contributed by atoms with Crippen molar-refractivity contribution in [2.45, 2.75) is 18.9 Å². The summed E-state index contributed by atoms with van der Waals surface area (Å²) in [7, 11) is 1.94. The van der Waals surface area contributed by atoms with E-state index in [-0.39, 0.29) is 0 Å². The second-order valence-electron chi connectivity index (χ2n) is 6.25. The second kappa shape index (κ2) is 5.99. The first-order valence-electron chi connectivity index (χ1n) is 8.21. The van der Waals surface area contributed by atoms with E-state index in [2.05, 4.69) is 25.3 Å². The highest BCUT2D eigenvalue weighted by molar-refractivity contribution is 5.88. The number of aryl methyl sites for hydroxylation is 1. The van der Waals surface area contributed by atoms with E-state index in [0.717, 1.165) is 42.5 Å². The molecule has 0 spiro atoms. The topological polar surface area (TPSA) is 84.9 Å². The van der Waals surface area contributed by atoms with Crippen LogP contribution in [0.4, 0.5) is 17.5 Å². The number of piperidine rings is 1. The first-order valence-corrected chi connectivity index (χ1v) is 8.21. The number of nitrogens with two attached hydrogens (primary N) is 1. The van der Waals surface area contributed by atoms with Crippen LogP contribution in [0.15, 0.2) is 36.7 Å². The number of nitrogens with one attached hydrogen (secondary N) is 1. The lowest BCUT2D eigenvalue weighted by atomic mass is 10.1. The van der Waals surface area contributed by atoms with Crippen LogP contribution in [-0.4, -0.2) is 38.9 Å². The Kier molecular flexibility index (Phi) is 3.68. The number of hydrogen-bond donors (Lipinski definition) is 2. The average molecular weight is 323 g/mol. The molecule has 3 heterocycles. The van der Waals surface area contributed by atoms with Gasteiger partial charge in [-0.05, 0) is 25.0 Å². The molecular formula is C17H21N7. The average Bonchev–Trinajstić information content (AvgIpc) is 3.02. The fraction of sp³-hybridized carbons (Fsp3) is 0.353. The number of fused-ring (bicyclic) bond motifs is 1. The molecule has 124 valence electrons. The van der Waals surface area contributed by atoms with Gasteiger partial charge >= 0.3 is 0 Å². The van der Waals surface area contributed by atoms with Gasteiger partial charge in [-0.3, -0.25) is 4.68 Å². The van der Waals surface area contributed by atoms with Crippen LogP contribution < -0.4 is 16.0 Å². The Hall–Kier alpha value is -2.83. The number of aromatic nitrogens is 4. The summed E-state index contributed by atoms with van der Waals surface area (Å²) in [6.45, 7) is 1.95. The van der Waals surface area contributed by atoms with Crippen LogP contribution in [0.2, 0.25) is 0 Å². The van der Waals surface area contributed by atoms with Gasteiger partial charge in [0.2, 0.25) is 5.95 Å². The quantitative estimate of drug-likeness (QED) is 0.767. The minimum atomic E-state index is 0.291. The van der Waals surface area contributed by atoms with E-state index in [1.54, 1.807) is 0 Å². The van der Waals surface area contributed by atoms with Gasteiger partial charge < -0.3 is 16.0 Å². The van der Waals surface area contributed by atoms with E-state index in [4.69, 9.17) is 5.73 Å². The van der Waals surface area contributed by atoms with Crippen LogP contribution in [0.3, 0.4) is 0 Å². The molecule has 1 unspecified atom stereocenters. The van der Waals surface area contributed by atoms with Gasteiger partial charge in [0.15, 0.2) is 0 Å². The van der Waals surface area contributed by atoms with Crippen molar-refractivity contribution in [1.82, 2.24) is 19.7 Å². The summed E-state index contributed by atoms with van der Waals surface area (Å²) < 4.78 is 1.83. The zero-order chi connectivity index (χ0) is 16.5. The number of para-hydroxylation sites is 1. The Morgan fingerprint density at radius 3 is 2.96 bits per heavy atom. The van der Waals surface area contributed by atoms with E-state index in [9.17, 15) is 0 Å². The molecule has 1 aliphatic rings. The summed E-state index contributed by atoms with van der Waals surface area (Å²) in [4.78, 5) is 11.4. The highest BCUT2D eigenvalue weighted by Gasteiger charge is 2.21. The number of hydrogen-bond acceptors (Lipinski definition) is 6. The van der Waals surface area contributed by atoms with E-state index < -0.39 is 0 Å². The lowest BCUT2D eigenvalue weighted by molar-refractivity contribution is 0.527. The standard InChI is InChI=1S/C17H21N7/c1-23-11-13(9-19-23)24-8-4-5-12(10-24)20-17-21-15-7-3-2-6-14(15)16(18)22-17/h2-3,6-7,9,11-12H,4-5,8,10H2,1H3,(H3,18,20,21,22). The molecule has 0 radical (unpaired) electrons. The van der Waals surface area contributed by atoms with E-state index >= 15 is 0 Å². The van der Waals surface area contributed by atoms with Gasteiger partial charge in [0.1, 0.15) is 5.82 Å². The largest absolute Gasteiger partial charge is 0.383 e. The predicted molar refractivity (Wildman–Crippen MR) is 96.0 cm³/mol. The first-order chi connectivity index (χ1) is 11.7. The Morgan fingerprint density at radius 2 is 2.12 bits per heavy atom. The molecule has 3 N–H and O–H groups in total. The molecule has 0 amide bonds. The van der Waals surface area contributed by atoms with Crippen molar-refractivity contribution in [3.63, 3.8) is 0 Å². The van der Waals surface area contributed by atoms with Crippen LogP contribution in [0.25, 0.3) is 10.9 Å². The normalized spacial score (nSPS) is 18.0. The molecule has 7 nitrogen and oxygen atoms in total. The molecule has 4 rings (SSSR count). The molecular weight excluding hydrogens is 302 g/mol. The third-order valence-electron chi connectivity index (χ3n) is 4.44. The van der Waals surface area contributed by atoms with Crippen molar-refractivity contribution < 1.29 is 0 Å². The van der Waals surface area contributed by atoms with Gasteiger partial charge in [-0.2, -0.15) is 10.1 Å². The lowest BCUT2D eigenvalue weighted by Gasteiger charge is -2.33. The smallest absolute Gasteiger partial charge is 0.225 e. The van der Waals surface area contributed by atoms with Crippen molar-refractivity contribution in [2.24, 2.45) is 7.05 Å². The molecule has 0 aliphatic carbocycles. The minimum absolute atomic E-state index is 0.291. The Morgan fingerprint density at radius 1 is 1.25 bits per heavy atom. The summed E-state index contributed by atoms with van der Waals surface area (Å²) in [6, 6.07) is 8.10. The van der Waals surface area contributed by atoms with Crippen LogP contribution in [0.1, 0.15) is 12.8 Å². The maximum absolute atomic E-state index is 6.07. The van der Waals surface area contributed by atoms with E-state index in [1.807, 2.05) is 48.4 Å². The van der Waals surface area contributed by atoms with Gasteiger partial charge in [-0.15, -0.1) is 0 Å². The summed E-state index contributed by atoms with van der Waals surface area (Å²) in [6.07, 6.45) is 6.17. The molecule has 1 aliphatic heterocycles. The first kappa shape index (κ1) is 14.7. The Bertz CT molecular complexity index is 857. The van der Waals surface area contributed by atoms with Crippen molar-refractivity contribution in [3.05, 3.63) is 36.7 Å². The Labute approximate surface area is 140 Å². The Balaban J connectivity index is 1.52. The van der Waals surface area contributed by atoms with Crippen LogP contribution in [0.5, 0.6) is 0 Å². The predicted octanol–water partition coefficient (Wildman–Crippen LogP) is 2.03. The fourth-order valence-corrected chi connectivity index (χ4v) is 3.25. The van der Waals surface area contributed by atoms with Gasteiger partial charge in [-0.1, -0.05) is 12.1 Å². The van der Waals surface area contributed by atoms with Gasteiger partial charge in [0.25, 0.3) is 0 Å².